The minimum atomic E-state index is -0.346. The SMILES string of the molecule is CC1(C)OB(C2=c3c(oc4c(-c5ccccc5)cccc34)=CCC2)OC1(C)C. The molecule has 1 aliphatic carbocycles. The first-order chi connectivity index (χ1) is 13.4. The lowest BCUT2D eigenvalue weighted by atomic mass is 9.73. The lowest BCUT2D eigenvalue weighted by Crippen LogP contribution is -2.41. The molecule has 0 atom stereocenters. The van der Waals surface area contributed by atoms with Gasteiger partial charge in [0.15, 0.2) is 0 Å². The van der Waals surface area contributed by atoms with Crippen molar-refractivity contribution < 1.29 is 13.7 Å². The maximum atomic E-state index is 6.38. The van der Waals surface area contributed by atoms with Crippen LogP contribution in [0.5, 0.6) is 0 Å². The highest BCUT2D eigenvalue weighted by molar-refractivity contribution is 6.66. The van der Waals surface area contributed by atoms with E-state index in [4.69, 9.17) is 13.7 Å². The molecular formula is C24H25BO3. The molecule has 0 N–H and O–H groups in total. The Hall–Kier alpha value is -2.30. The van der Waals surface area contributed by atoms with E-state index in [1.165, 1.54) is 5.47 Å². The van der Waals surface area contributed by atoms with Gasteiger partial charge in [-0.05, 0) is 57.6 Å². The summed E-state index contributed by atoms with van der Waals surface area (Å²) in [5, 5.41) is 2.29. The molecule has 0 spiro atoms. The molecule has 2 aliphatic rings. The summed E-state index contributed by atoms with van der Waals surface area (Å²) in [6.07, 6.45) is 4.06. The molecule has 1 aromatic heterocycles. The molecule has 28 heavy (non-hydrogen) atoms. The molecule has 5 rings (SSSR count). The molecule has 0 saturated carbocycles. The Balaban J connectivity index is 1.75. The molecule has 2 heterocycles. The van der Waals surface area contributed by atoms with Crippen molar-refractivity contribution in [2.45, 2.75) is 51.7 Å². The monoisotopic (exact) mass is 372 g/mol. The predicted molar refractivity (Wildman–Crippen MR) is 114 cm³/mol. The molecular weight excluding hydrogens is 347 g/mol. The Bertz CT molecular complexity index is 1160. The van der Waals surface area contributed by atoms with Crippen LogP contribution in [-0.4, -0.2) is 18.3 Å². The highest BCUT2D eigenvalue weighted by Crippen LogP contribution is 2.40. The van der Waals surface area contributed by atoms with Gasteiger partial charge in [-0.25, -0.2) is 0 Å². The zero-order valence-corrected chi connectivity index (χ0v) is 16.9. The highest BCUT2D eigenvalue weighted by Gasteiger charge is 2.52. The Morgan fingerprint density at radius 1 is 0.857 bits per heavy atom. The Morgan fingerprint density at radius 3 is 2.29 bits per heavy atom. The topological polar surface area (TPSA) is 31.6 Å². The third kappa shape index (κ3) is 2.59. The highest BCUT2D eigenvalue weighted by atomic mass is 16.7. The zero-order valence-electron chi connectivity index (χ0n) is 16.9. The van der Waals surface area contributed by atoms with Gasteiger partial charge in [-0.3, -0.25) is 0 Å². The Kier molecular flexibility index (Phi) is 3.87. The lowest BCUT2D eigenvalue weighted by Gasteiger charge is -2.32. The summed E-state index contributed by atoms with van der Waals surface area (Å²) >= 11 is 0. The van der Waals surface area contributed by atoms with Gasteiger partial charge in [0.05, 0.1) is 11.2 Å². The van der Waals surface area contributed by atoms with E-state index in [1.807, 2.05) is 6.07 Å². The van der Waals surface area contributed by atoms with Crippen LogP contribution in [0.4, 0.5) is 0 Å². The first-order valence-electron chi connectivity index (χ1n) is 10.0. The van der Waals surface area contributed by atoms with Crippen LogP contribution in [0.15, 0.2) is 52.9 Å². The zero-order chi connectivity index (χ0) is 19.5. The van der Waals surface area contributed by atoms with E-state index in [0.29, 0.717) is 0 Å². The maximum Gasteiger partial charge on any atom is 0.491 e. The van der Waals surface area contributed by atoms with E-state index in [1.54, 1.807) is 0 Å². The van der Waals surface area contributed by atoms with Gasteiger partial charge in [0, 0.05) is 16.2 Å². The van der Waals surface area contributed by atoms with Gasteiger partial charge < -0.3 is 13.7 Å². The minimum absolute atomic E-state index is 0.335. The smallest absolute Gasteiger partial charge is 0.456 e. The van der Waals surface area contributed by atoms with E-state index >= 15 is 0 Å². The molecule has 0 unspecified atom stereocenters. The summed E-state index contributed by atoms with van der Waals surface area (Å²) in [7, 11) is -0.335. The van der Waals surface area contributed by atoms with E-state index < -0.39 is 0 Å². The molecule has 3 nitrogen and oxygen atoms in total. The molecule has 4 heteroatoms. The summed E-state index contributed by atoms with van der Waals surface area (Å²) in [6, 6.07) is 16.8. The summed E-state index contributed by atoms with van der Waals surface area (Å²) in [6.45, 7) is 8.41. The van der Waals surface area contributed by atoms with Gasteiger partial charge in [-0.2, -0.15) is 0 Å². The number of furan rings is 1. The van der Waals surface area contributed by atoms with Crippen LogP contribution in [0.1, 0.15) is 40.5 Å². The molecule has 1 saturated heterocycles. The maximum absolute atomic E-state index is 6.38. The normalized spacial score (nSPS) is 20.3. The van der Waals surface area contributed by atoms with Crippen molar-refractivity contribution in [3.05, 3.63) is 59.2 Å². The largest absolute Gasteiger partial charge is 0.491 e. The number of benzene rings is 2. The number of rotatable bonds is 2. The second kappa shape index (κ2) is 6.10. The van der Waals surface area contributed by atoms with Crippen LogP contribution in [0, 0.1) is 0 Å². The molecule has 0 radical (unpaired) electrons. The lowest BCUT2D eigenvalue weighted by molar-refractivity contribution is 0.00578. The summed E-state index contributed by atoms with van der Waals surface area (Å²) in [4.78, 5) is 0. The first kappa shape index (κ1) is 17.8. The summed E-state index contributed by atoms with van der Waals surface area (Å²) in [5.41, 5.74) is 4.66. The van der Waals surface area contributed by atoms with Crippen molar-refractivity contribution in [2.75, 3.05) is 0 Å². The van der Waals surface area contributed by atoms with Gasteiger partial charge in [-0.1, -0.05) is 48.5 Å². The van der Waals surface area contributed by atoms with E-state index in [0.717, 1.165) is 45.6 Å². The minimum Gasteiger partial charge on any atom is -0.456 e. The van der Waals surface area contributed by atoms with Crippen LogP contribution in [-0.2, 0) is 9.31 Å². The van der Waals surface area contributed by atoms with Crippen LogP contribution >= 0.6 is 0 Å². The molecule has 142 valence electrons. The molecule has 0 amide bonds. The van der Waals surface area contributed by atoms with E-state index in [2.05, 4.69) is 76.2 Å². The number of hydrogen-bond acceptors (Lipinski definition) is 3. The Labute approximate surface area is 165 Å². The quantitative estimate of drug-likeness (QED) is 0.623. The molecule has 0 bridgehead atoms. The van der Waals surface area contributed by atoms with Gasteiger partial charge in [-0.15, -0.1) is 0 Å². The third-order valence-corrected chi connectivity index (χ3v) is 6.43. The van der Waals surface area contributed by atoms with Crippen LogP contribution in [0.25, 0.3) is 33.6 Å². The standard InChI is InChI=1S/C24H25BO3/c1-23(2)24(3,4)28-25(27-23)19-14-9-15-20-21(19)18-13-8-12-17(22(18)26-20)16-10-6-5-7-11-16/h5-8,10-13,15H,9,14H2,1-4H3. The van der Waals surface area contributed by atoms with E-state index in [9.17, 15) is 0 Å². The van der Waals surface area contributed by atoms with Crippen molar-refractivity contribution in [2.24, 2.45) is 0 Å². The first-order valence-corrected chi connectivity index (χ1v) is 10.0. The third-order valence-electron chi connectivity index (χ3n) is 6.43. The van der Waals surface area contributed by atoms with Gasteiger partial charge in [0.25, 0.3) is 0 Å². The average molecular weight is 372 g/mol. The molecule has 3 aromatic rings. The van der Waals surface area contributed by atoms with Crippen LogP contribution in [0.3, 0.4) is 0 Å². The molecule has 2 aromatic carbocycles. The van der Waals surface area contributed by atoms with Crippen molar-refractivity contribution in [1.29, 1.82) is 0 Å². The van der Waals surface area contributed by atoms with Crippen molar-refractivity contribution in [3.8, 4) is 11.1 Å². The fourth-order valence-corrected chi connectivity index (χ4v) is 4.16. The van der Waals surface area contributed by atoms with Gasteiger partial charge >= 0.3 is 7.12 Å². The van der Waals surface area contributed by atoms with Crippen LogP contribution < -0.4 is 10.6 Å². The second-order valence-electron chi connectivity index (χ2n) is 8.75. The fraction of sp³-hybridized carbons (Fsp3) is 0.333. The number of fused-ring (bicyclic) bond motifs is 3. The van der Waals surface area contributed by atoms with Crippen LogP contribution in [0.2, 0.25) is 0 Å². The predicted octanol–water partition coefficient (Wildman–Crippen LogP) is 4.46. The molecule has 1 fully saturated rings. The van der Waals surface area contributed by atoms with Crippen molar-refractivity contribution >= 4 is 29.6 Å². The summed E-state index contributed by atoms with van der Waals surface area (Å²) < 4.78 is 19.1. The van der Waals surface area contributed by atoms with Crippen molar-refractivity contribution in [3.63, 3.8) is 0 Å². The fourth-order valence-electron chi connectivity index (χ4n) is 4.16. The average Bonchev–Trinajstić information content (AvgIpc) is 3.16. The summed E-state index contributed by atoms with van der Waals surface area (Å²) in [5.74, 6) is 0. The van der Waals surface area contributed by atoms with Crippen molar-refractivity contribution in [1.82, 2.24) is 0 Å². The van der Waals surface area contributed by atoms with Gasteiger partial charge in [0.1, 0.15) is 11.0 Å². The van der Waals surface area contributed by atoms with E-state index in [-0.39, 0.29) is 18.3 Å². The number of hydrogen-bond donors (Lipinski definition) is 0. The number of para-hydroxylation sites is 1. The molecule has 1 aliphatic heterocycles. The van der Waals surface area contributed by atoms with Gasteiger partial charge in [0.2, 0.25) is 0 Å². The second-order valence-corrected chi connectivity index (χ2v) is 8.75. The Morgan fingerprint density at radius 2 is 1.57 bits per heavy atom.